The van der Waals surface area contributed by atoms with Gasteiger partial charge >= 0.3 is 0 Å². The normalized spacial score (nSPS) is 21.6. The molecule has 12 nitrogen and oxygen atoms in total. The maximum Gasteiger partial charge on any atom is 0.265 e. The highest BCUT2D eigenvalue weighted by atomic mass is 32.3. The number of carbonyl (C=O) groups is 2. The van der Waals surface area contributed by atoms with Gasteiger partial charge in [0.05, 0.1) is 6.61 Å². The Morgan fingerprint density at radius 3 is 2.41 bits per heavy atom. The van der Waals surface area contributed by atoms with E-state index < -0.39 is 58.8 Å². The molecule has 152 valence electrons. The van der Waals surface area contributed by atoms with Crippen molar-refractivity contribution >= 4 is 39.5 Å². The summed E-state index contributed by atoms with van der Waals surface area (Å²) in [5.74, 6) is -2.01. The molecule has 0 saturated carbocycles. The first-order valence-corrected chi connectivity index (χ1v) is 8.96. The van der Waals surface area contributed by atoms with Crippen molar-refractivity contribution in [2.24, 2.45) is 0 Å². The largest absolute Gasteiger partial charge is 0.726 e. The monoisotopic (exact) mass is 425 g/mol. The number of carbonyl (C=O) groups excluding carboxylic acids is 2. The third-order valence-corrected chi connectivity index (χ3v) is 4.10. The second kappa shape index (κ2) is 9.43. The number of aliphatic hydroxyl groups excluding tert-OH is 4. The summed E-state index contributed by atoms with van der Waals surface area (Å²) in [7, 11) is -5.47. The van der Waals surface area contributed by atoms with Gasteiger partial charge in [-0.15, -0.1) is 6.58 Å². The van der Waals surface area contributed by atoms with Crippen molar-refractivity contribution in [3.63, 3.8) is 0 Å². The minimum absolute atomic E-state index is 0.0912. The van der Waals surface area contributed by atoms with E-state index in [1.807, 2.05) is 0 Å². The van der Waals surface area contributed by atoms with Crippen LogP contribution in [0, 0.1) is 0 Å². The van der Waals surface area contributed by atoms with Gasteiger partial charge in [0.25, 0.3) is 11.8 Å². The van der Waals surface area contributed by atoms with Crippen LogP contribution in [0.15, 0.2) is 24.3 Å². The summed E-state index contributed by atoms with van der Waals surface area (Å²) in [6.45, 7) is 2.25. The van der Waals surface area contributed by atoms with E-state index in [0.29, 0.717) is 6.08 Å². The highest BCUT2D eigenvalue weighted by molar-refractivity contribution is 7.80. The standard InChI is InChI=1S/C13H18N2O10S2/c1-2-3-15-12(21)6(11(20)14-13(15)26)4-7(17)10(25-27(22,23)24)9(19)8(18)5-16/h2,4,7-10,16-19H,1,3,5H2,(H,14,20,26)(H,22,23,24)/p-1/b6-4+/t7-,8+,9+,10+/m0/s1. The van der Waals surface area contributed by atoms with Crippen LogP contribution in [-0.4, -0.2) is 92.8 Å². The second-order valence-electron chi connectivity index (χ2n) is 5.24. The number of hydrogen-bond acceptors (Lipinski definition) is 11. The van der Waals surface area contributed by atoms with Crippen molar-refractivity contribution in [3.05, 3.63) is 24.3 Å². The Hall–Kier alpha value is -1.78. The quantitative estimate of drug-likeness (QED) is 0.0608. The molecule has 0 aromatic carbocycles. The minimum atomic E-state index is -5.47. The van der Waals surface area contributed by atoms with Crippen molar-refractivity contribution < 1.29 is 47.2 Å². The fourth-order valence-electron chi connectivity index (χ4n) is 2.05. The predicted octanol–water partition coefficient (Wildman–Crippen LogP) is -3.74. The molecule has 0 unspecified atom stereocenters. The average molecular weight is 425 g/mol. The molecular formula is C13H17N2O10S2-. The van der Waals surface area contributed by atoms with E-state index in [1.165, 1.54) is 6.08 Å². The van der Waals surface area contributed by atoms with Crippen LogP contribution < -0.4 is 5.32 Å². The number of amides is 2. The lowest BCUT2D eigenvalue weighted by atomic mass is 10.00. The van der Waals surface area contributed by atoms with Crippen LogP contribution in [0.1, 0.15) is 0 Å². The van der Waals surface area contributed by atoms with E-state index in [-0.39, 0.29) is 11.7 Å². The highest BCUT2D eigenvalue weighted by Crippen LogP contribution is 2.17. The van der Waals surface area contributed by atoms with Crippen molar-refractivity contribution in [2.45, 2.75) is 24.4 Å². The summed E-state index contributed by atoms with van der Waals surface area (Å²) in [6, 6.07) is 0. The fraction of sp³-hybridized carbons (Fsp3) is 0.462. The molecule has 4 atom stereocenters. The van der Waals surface area contributed by atoms with E-state index in [0.717, 1.165) is 4.90 Å². The van der Waals surface area contributed by atoms with Crippen molar-refractivity contribution in [3.8, 4) is 0 Å². The molecule has 0 aromatic rings. The summed E-state index contributed by atoms with van der Waals surface area (Å²) in [5.41, 5.74) is -0.694. The van der Waals surface area contributed by atoms with Crippen LogP contribution in [0.3, 0.4) is 0 Å². The molecule has 0 radical (unpaired) electrons. The molecule has 0 bridgehead atoms. The molecular weight excluding hydrogens is 408 g/mol. The smallest absolute Gasteiger partial charge is 0.265 e. The zero-order chi connectivity index (χ0) is 20.9. The Bertz CT molecular complexity index is 750. The van der Waals surface area contributed by atoms with E-state index >= 15 is 0 Å². The zero-order valence-corrected chi connectivity index (χ0v) is 15.2. The van der Waals surface area contributed by atoms with E-state index in [2.05, 4.69) is 16.1 Å². The van der Waals surface area contributed by atoms with Crippen LogP contribution in [0.25, 0.3) is 0 Å². The second-order valence-corrected chi connectivity index (χ2v) is 6.64. The van der Waals surface area contributed by atoms with Crippen molar-refractivity contribution in [1.82, 2.24) is 10.2 Å². The van der Waals surface area contributed by atoms with Gasteiger partial charge in [0, 0.05) is 6.54 Å². The molecule has 1 rings (SSSR count). The molecule has 5 N–H and O–H groups in total. The average Bonchev–Trinajstić information content (AvgIpc) is 2.57. The molecule has 0 aliphatic carbocycles. The Kier molecular flexibility index (Phi) is 8.12. The molecule has 27 heavy (non-hydrogen) atoms. The maximum absolute atomic E-state index is 12.3. The molecule has 1 aliphatic rings. The third kappa shape index (κ3) is 6.12. The summed E-state index contributed by atoms with van der Waals surface area (Å²) >= 11 is 4.82. The van der Waals surface area contributed by atoms with E-state index in [9.17, 15) is 37.9 Å². The van der Waals surface area contributed by atoms with Crippen molar-refractivity contribution in [1.29, 1.82) is 0 Å². The first kappa shape index (κ1) is 23.3. The predicted molar refractivity (Wildman–Crippen MR) is 90.4 cm³/mol. The van der Waals surface area contributed by atoms with Gasteiger partial charge in [-0.2, -0.15) is 0 Å². The van der Waals surface area contributed by atoms with Crippen LogP contribution >= 0.6 is 12.2 Å². The SMILES string of the molecule is C=CCN1C(=O)/C(=C/[C@H](O)[C@@H](OS(=O)(=O)[O-])[C@H](O)[C@H](O)CO)C(=O)NC1=S. The number of aliphatic hydroxyl groups is 4. The lowest BCUT2D eigenvalue weighted by Gasteiger charge is -2.31. The minimum Gasteiger partial charge on any atom is -0.726 e. The molecule has 1 fully saturated rings. The zero-order valence-electron chi connectivity index (χ0n) is 13.6. The Balaban J connectivity index is 3.24. The number of nitrogens with zero attached hydrogens (tertiary/aromatic N) is 1. The number of thiocarbonyl (C=S) groups is 1. The van der Waals surface area contributed by atoms with Gasteiger partial charge in [0.1, 0.15) is 30.0 Å². The van der Waals surface area contributed by atoms with Gasteiger partial charge in [0.2, 0.25) is 10.4 Å². The van der Waals surface area contributed by atoms with Crippen molar-refractivity contribution in [2.75, 3.05) is 13.2 Å². The summed E-state index contributed by atoms with van der Waals surface area (Å²) < 4.78 is 36.4. The van der Waals surface area contributed by atoms with Crippen LogP contribution in [0.4, 0.5) is 0 Å². The van der Waals surface area contributed by atoms with Gasteiger partial charge in [-0.05, 0) is 18.3 Å². The van der Waals surface area contributed by atoms with Crippen LogP contribution in [0.2, 0.25) is 0 Å². The lowest BCUT2D eigenvalue weighted by Crippen LogP contribution is -2.54. The first-order chi connectivity index (χ1) is 12.4. The topological polar surface area (TPSA) is 197 Å². The molecule has 0 aromatic heterocycles. The van der Waals surface area contributed by atoms with Gasteiger partial charge < -0.3 is 25.0 Å². The summed E-state index contributed by atoms with van der Waals surface area (Å²) in [5, 5.41) is 40.0. The van der Waals surface area contributed by atoms with Gasteiger partial charge in [0.15, 0.2) is 5.11 Å². The third-order valence-electron chi connectivity index (χ3n) is 3.32. The highest BCUT2D eigenvalue weighted by Gasteiger charge is 2.38. The number of rotatable bonds is 9. The Labute approximate surface area is 159 Å². The Morgan fingerprint density at radius 2 is 1.93 bits per heavy atom. The lowest BCUT2D eigenvalue weighted by molar-refractivity contribution is -0.129. The molecule has 14 heteroatoms. The van der Waals surface area contributed by atoms with E-state index in [1.54, 1.807) is 0 Å². The first-order valence-electron chi connectivity index (χ1n) is 7.22. The van der Waals surface area contributed by atoms with E-state index in [4.69, 9.17) is 17.3 Å². The van der Waals surface area contributed by atoms with Gasteiger partial charge in [-0.3, -0.25) is 24.0 Å². The van der Waals surface area contributed by atoms with Gasteiger partial charge in [-0.25, -0.2) is 8.42 Å². The molecule has 0 spiro atoms. The Morgan fingerprint density at radius 1 is 1.33 bits per heavy atom. The fourth-order valence-corrected chi connectivity index (χ4v) is 2.80. The van der Waals surface area contributed by atoms with Crippen LogP contribution in [0.5, 0.6) is 0 Å². The van der Waals surface area contributed by atoms with Crippen LogP contribution in [-0.2, 0) is 24.2 Å². The number of nitrogens with one attached hydrogen (secondary N) is 1. The summed E-state index contributed by atoms with van der Waals surface area (Å²) in [4.78, 5) is 25.2. The maximum atomic E-state index is 12.3. The number of hydrogen-bond donors (Lipinski definition) is 5. The summed E-state index contributed by atoms with van der Waals surface area (Å²) in [6.07, 6.45) is -6.95. The molecule has 2 amide bonds. The van der Waals surface area contributed by atoms with Gasteiger partial charge in [-0.1, -0.05) is 6.08 Å². The molecule has 1 heterocycles. The molecule has 1 aliphatic heterocycles. The molecule has 1 saturated heterocycles.